The van der Waals surface area contributed by atoms with Gasteiger partial charge in [-0.05, 0) is 37.3 Å². The topological polar surface area (TPSA) is 25.2 Å². The van der Waals surface area contributed by atoms with Crippen molar-refractivity contribution in [2.75, 3.05) is 0 Å². The van der Waals surface area contributed by atoms with Gasteiger partial charge in [-0.3, -0.25) is 0 Å². The molecule has 0 bridgehead atoms. The Labute approximate surface area is 92.1 Å². The summed E-state index contributed by atoms with van der Waals surface area (Å²) in [5.74, 6) is 1.97. The largest absolute Gasteiger partial charge is 0.468 e. The average molecular weight is 207 g/mol. The summed E-state index contributed by atoms with van der Waals surface area (Å²) >= 11 is 0. The standard InChI is InChI=1S/C13H21NO/c1-11-4-2-5-12(8-7-11)14-10-13-6-3-9-15-13/h3,6,9,11-12,14H,2,4-5,7-8,10H2,1H3. The van der Waals surface area contributed by atoms with Crippen molar-refractivity contribution in [2.45, 2.75) is 51.6 Å². The summed E-state index contributed by atoms with van der Waals surface area (Å²) in [6.45, 7) is 3.25. The fourth-order valence-corrected chi connectivity index (χ4v) is 2.35. The summed E-state index contributed by atoms with van der Waals surface area (Å²) < 4.78 is 5.31. The van der Waals surface area contributed by atoms with Crippen molar-refractivity contribution in [2.24, 2.45) is 5.92 Å². The molecule has 0 radical (unpaired) electrons. The van der Waals surface area contributed by atoms with Gasteiger partial charge in [-0.25, -0.2) is 0 Å². The number of rotatable bonds is 3. The first-order valence-electron chi connectivity index (χ1n) is 6.10. The van der Waals surface area contributed by atoms with Crippen LogP contribution in [0.2, 0.25) is 0 Å². The normalized spacial score (nSPS) is 27.5. The molecule has 1 fully saturated rings. The number of hydrogen-bond acceptors (Lipinski definition) is 2. The van der Waals surface area contributed by atoms with Gasteiger partial charge in [0.25, 0.3) is 0 Å². The number of nitrogens with one attached hydrogen (secondary N) is 1. The Kier molecular flexibility index (Phi) is 3.84. The molecule has 0 aliphatic heterocycles. The van der Waals surface area contributed by atoms with E-state index in [9.17, 15) is 0 Å². The van der Waals surface area contributed by atoms with Gasteiger partial charge in [-0.1, -0.05) is 19.8 Å². The molecule has 1 aliphatic carbocycles. The van der Waals surface area contributed by atoms with Gasteiger partial charge in [0.05, 0.1) is 12.8 Å². The van der Waals surface area contributed by atoms with Gasteiger partial charge in [0, 0.05) is 6.04 Å². The highest BCUT2D eigenvalue weighted by Gasteiger charge is 2.15. The molecular formula is C13H21NO. The van der Waals surface area contributed by atoms with Crippen LogP contribution in [0.5, 0.6) is 0 Å². The molecule has 1 heterocycles. The van der Waals surface area contributed by atoms with Crippen molar-refractivity contribution in [3.63, 3.8) is 0 Å². The van der Waals surface area contributed by atoms with Crippen LogP contribution in [0.15, 0.2) is 22.8 Å². The van der Waals surface area contributed by atoms with E-state index in [2.05, 4.69) is 12.2 Å². The highest BCUT2D eigenvalue weighted by atomic mass is 16.3. The zero-order valence-electron chi connectivity index (χ0n) is 9.54. The lowest BCUT2D eigenvalue weighted by atomic mass is 10.0. The van der Waals surface area contributed by atoms with Crippen LogP contribution in [0.3, 0.4) is 0 Å². The van der Waals surface area contributed by atoms with Crippen LogP contribution in [0, 0.1) is 5.92 Å². The molecular weight excluding hydrogens is 186 g/mol. The minimum absolute atomic E-state index is 0.694. The maximum atomic E-state index is 5.31. The van der Waals surface area contributed by atoms with Crippen LogP contribution in [-0.4, -0.2) is 6.04 Å². The SMILES string of the molecule is CC1CCCC(NCc2ccco2)CC1. The van der Waals surface area contributed by atoms with Gasteiger partial charge < -0.3 is 9.73 Å². The molecule has 1 aromatic rings. The summed E-state index contributed by atoms with van der Waals surface area (Å²) in [5, 5.41) is 3.59. The van der Waals surface area contributed by atoms with Gasteiger partial charge in [0.15, 0.2) is 0 Å². The molecule has 2 heteroatoms. The number of hydrogen-bond donors (Lipinski definition) is 1. The van der Waals surface area contributed by atoms with E-state index >= 15 is 0 Å². The van der Waals surface area contributed by atoms with Gasteiger partial charge in [-0.15, -0.1) is 0 Å². The average Bonchev–Trinajstić information content (AvgIpc) is 2.66. The Morgan fingerprint density at radius 1 is 1.33 bits per heavy atom. The minimum Gasteiger partial charge on any atom is -0.468 e. The van der Waals surface area contributed by atoms with Crippen LogP contribution in [0.4, 0.5) is 0 Å². The van der Waals surface area contributed by atoms with E-state index in [1.165, 1.54) is 32.1 Å². The van der Waals surface area contributed by atoms with E-state index in [4.69, 9.17) is 4.42 Å². The van der Waals surface area contributed by atoms with Crippen LogP contribution in [0.1, 0.15) is 44.8 Å². The zero-order valence-corrected chi connectivity index (χ0v) is 9.54. The van der Waals surface area contributed by atoms with Crippen LogP contribution in [-0.2, 0) is 6.54 Å². The monoisotopic (exact) mass is 207 g/mol. The summed E-state index contributed by atoms with van der Waals surface area (Å²) in [7, 11) is 0. The van der Waals surface area contributed by atoms with Crippen molar-refractivity contribution in [3.8, 4) is 0 Å². The first kappa shape index (κ1) is 10.7. The Bertz CT molecular complexity index is 268. The molecule has 2 atom stereocenters. The van der Waals surface area contributed by atoms with Crippen LogP contribution < -0.4 is 5.32 Å². The fourth-order valence-electron chi connectivity index (χ4n) is 2.35. The first-order valence-corrected chi connectivity index (χ1v) is 6.10. The molecule has 0 amide bonds. The van der Waals surface area contributed by atoms with Crippen molar-refractivity contribution in [1.29, 1.82) is 0 Å². The summed E-state index contributed by atoms with van der Waals surface area (Å²) in [6, 6.07) is 4.68. The van der Waals surface area contributed by atoms with Gasteiger partial charge >= 0.3 is 0 Å². The maximum absolute atomic E-state index is 5.31. The molecule has 0 aromatic carbocycles. The lowest BCUT2D eigenvalue weighted by Crippen LogP contribution is -2.27. The molecule has 1 aliphatic rings. The molecule has 84 valence electrons. The Hall–Kier alpha value is -0.760. The highest BCUT2D eigenvalue weighted by Crippen LogP contribution is 2.22. The van der Waals surface area contributed by atoms with Gasteiger partial charge in [-0.2, -0.15) is 0 Å². The van der Waals surface area contributed by atoms with E-state index < -0.39 is 0 Å². The van der Waals surface area contributed by atoms with E-state index in [1.807, 2.05) is 12.1 Å². The molecule has 0 spiro atoms. The Morgan fingerprint density at radius 2 is 2.27 bits per heavy atom. The third kappa shape index (κ3) is 3.38. The van der Waals surface area contributed by atoms with E-state index in [0.717, 1.165) is 18.2 Å². The molecule has 1 saturated carbocycles. The molecule has 1 aromatic heterocycles. The smallest absolute Gasteiger partial charge is 0.117 e. The molecule has 15 heavy (non-hydrogen) atoms. The molecule has 2 nitrogen and oxygen atoms in total. The van der Waals surface area contributed by atoms with E-state index in [1.54, 1.807) is 6.26 Å². The molecule has 2 unspecified atom stereocenters. The zero-order chi connectivity index (χ0) is 10.5. The van der Waals surface area contributed by atoms with Crippen molar-refractivity contribution in [3.05, 3.63) is 24.2 Å². The quantitative estimate of drug-likeness (QED) is 0.769. The summed E-state index contributed by atoms with van der Waals surface area (Å²) in [5.41, 5.74) is 0. The predicted molar refractivity (Wildman–Crippen MR) is 61.6 cm³/mol. The fraction of sp³-hybridized carbons (Fsp3) is 0.692. The Balaban J connectivity index is 1.74. The second kappa shape index (κ2) is 5.36. The van der Waals surface area contributed by atoms with Crippen LogP contribution in [0.25, 0.3) is 0 Å². The van der Waals surface area contributed by atoms with Gasteiger partial charge in [0.2, 0.25) is 0 Å². The third-order valence-electron chi connectivity index (χ3n) is 3.40. The van der Waals surface area contributed by atoms with Crippen molar-refractivity contribution < 1.29 is 4.42 Å². The Morgan fingerprint density at radius 3 is 3.07 bits per heavy atom. The number of furan rings is 1. The third-order valence-corrected chi connectivity index (χ3v) is 3.40. The second-order valence-corrected chi connectivity index (χ2v) is 4.77. The van der Waals surface area contributed by atoms with Gasteiger partial charge in [0.1, 0.15) is 5.76 Å². The maximum Gasteiger partial charge on any atom is 0.117 e. The lowest BCUT2D eigenvalue weighted by Gasteiger charge is -2.15. The summed E-state index contributed by atoms with van der Waals surface area (Å²) in [6.07, 6.45) is 8.53. The van der Waals surface area contributed by atoms with Crippen molar-refractivity contribution >= 4 is 0 Å². The predicted octanol–water partition coefficient (Wildman–Crippen LogP) is 3.34. The molecule has 2 rings (SSSR count). The van der Waals surface area contributed by atoms with Crippen LogP contribution >= 0.6 is 0 Å². The van der Waals surface area contributed by atoms with E-state index in [-0.39, 0.29) is 0 Å². The second-order valence-electron chi connectivity index (χ2n) is 4.77. The van der Waals surface area contributed by atoms with E-state index in [0.29, 0.717) is 6.04 Å². The molecule has 1 N–H and O–H groups in total. The van der Waals surface area contributed by atoms with Crippen molar-refractivity contribution in [1.82, 2.24) is 5.32 Å². The molecule has 0 saturated heterocycles. The first-order chi connectivity index (χ1) is 7.34. The lowest BCUT2D eigenvalue weighted by molar-refractivity contribution is 0.411. The minimum atomic E-state index is 0.694. The highest BCUT2D eigenvalue weighted by molar-refractivity contribution is 4.97. The summed E-state index contributed by atoms with van der Waals surface area (Å²) in [4.78, 5) is 0.